The molecule has 0 aromatic carbocycles. The minimum absolute atomic E-state index is 0.0967. The predicted molar refractivity (Wildman–Crippen MR) is 123 cm³/mol. The van der Waals surface area contributed by atoms with Crippen molar-refractivity contribution in [1.82, 2.24) is 20.4 Å². The Kier molecular flexibility index (Phi) is 6.59. The van der Waals surface area contributed by atoms with E-state index < -0.39 is 35.0 Å². The van der Waals surface area contributed by atoms with Gasteiger partial charge in [-0.15, -0.1) is 0 Å². The number of hydrogen-bond acceptors (Lipinski definition) is 5. The molecule has 198 valence electrons. The smallest absolute Gasteiger partial charge is 0.434 e. The molecule has 4 N–H and O–H groups in total. The minimum Gasteiger partial charge on any atom is -0.449 e. The van der Waals surface area contributed by atoms with Gasteiger partial charge in [0.05, 0.1) is 23.9 Å². The van der Waals surface area contributed by atoms with Crippen molar-refractivity contribution in [2.75, 3.05) is 6.61 Å². The van der Waals surface area contributed by atoms with Crippen molar-refractivity contribution >= 4 is 24.1 Å². The van der Waals surface area contributed by atoms with Gasteiger partial charge >= 0.3 is 12.3 Å². The highest BCUT2D eigenvalue weighted by Crippen LogP contribution is 2.60. The summed E-state index contributed by atoms with van der Waals surface area (Å²) >= 11 is 0. The van der Waals surface area contributed by atoms with Crippen molar-refractivity contribution in [2.24, 2.45) is 28.9 Å². The van der Waals surface area contributed by atoms with Gasteiger partial charge in [-0.3, -0.25) is 9.59 Å². The molecular weight excluding hydrogens is 479 g/mol. The van der Waals surface area contributed by atoms with Crippen LogP contribution in [-0.4, -0.2) is 45.9 Å². The van der Waals surface area contributed by atoms with Crippen molar-refractivity contribution < 1.29 is 32.3 Å². The number of halogens is 3. The van der Waals surface area contributed by atoms with Gasteiger partial charge in [0.1, 0.15) is 0 Å². The van der Waals surface area contributed by atoms with E-state index in [4.69, 9.17) is 10.5 Å². The van der Waals surface area contributed by atoms with E-state index in [1.807, 2.05) is 0 Å². The highest BCUT2D eigenvalue weighted by atomic mass is 19.4. The summed E-state index contributed by atoms with van der Waals surface area (Å²) in [6, 6.07) is -0.255. The molecule has 36 heavy (non-hydrogen) atoms. The molecule has 2 unspecified atom stereocenters. The van der Waals surface area contributed by atoms with Crippen LogP contribution in [0.3, 0.4) is 0 Å². The molecule has 0 aliphatic heterocycles. The molecule has 9 nitrogen and oxygen atoms in total. The number of primary amides is 1. The molecule has 5 rings (SSSR count). The first-order valence-electron chi connectivity index (χ1n) is 12.0. The van der Waals surface area contributed by atoms with Gasteiger partial charge in [-0.2, -0.15) is 18.3 Å². The van der Waals surface area contributed by atoms with E-state index in [2.05, 4.69) is 15.7 Å². The fraction of sp³-hybridized carbons (Fsp3) is 0.667. The zero-order valence-electron chi connectivity index (χ0n) is 20.5. The summed E-state index contributed by atoms with van der Waals surface area (Å²) in [6.45, 7) is 4.80. The van der Waals surface area contributed by atoms with Gasteiger partial charge in [-0.1, -0.05) is 0 Å². The Bertz CT molecular complexity index is 1060. The molecule has 3 amide bonds. The summed E-state index contributed by atoms with van der Waals surface area (Å²) in [5.41, 5.74) is 2.33. The number of ether oxygens (including phenoxy) is 1. The van der Waals surface area contributed by atoms with E-state index in [-0.39, 0.29) is 35.8 Å². The van der Waals surface area contributed by atoms with Gasteiger partial charge in [-0.25, -0.2) is 9.48 Å². The zero-order chi connectivity index (χ0) is 26.5. The first-order chi connectivity index (χ1) is 16.7. The molecule has 4 aliphatic rings. The summed E-state index contributed by atoms with van der Waals surface area (Å²) in [6.07, 6.45) is 1.90. The molecule has 2 atom stereocenters. The number of amides is 3. The van der Waals surface area contributed by atoms with Gasteiger partial charge in [0.2, 0.25) is 5.91 Å². The molecule has 1 aromatic heterocycles. The first-order valence-corrected chi connectivity index (χ1v) is 12.0. The van der Waals surface area contributed by atoms with Crippen LogP contribution >= 0.6 is 0 Å². The van der Waals surface area contributed by atoms with Gasteiger partial charge in [0.25, 0.3) is 5.91 Å². The zero-order valence-corrected chi connectivity index (χ0v) is 20.5. The highest BCUT2D eigenvalue weighted by molar-refractivity contribution is 5.95. The minimum atomic E-state index is -4.83. The Morgan fingerprint density at radius 3 is 2.42 bits per heavy atom. The third kappa shape index (κ3) is 5.36. The summed E-state index contributed by atoms with van der Waals surface area (Å²) in [7, 11) is 0. The largest absolute Gasteiger partial charge is 0.449 e. The van der Waals surface area contributed by atoms with Crippen molar-refractivity contribution in [1.29, 1.82) is 0 Å². The Morgan fingerprint density at radius 2 is 1.86 bits per heavy atom. The van der Waals surface area contributed by atoms with E-state index >= 15 is 0 Å². The lowest BCUT2D eigenvalue weighted by Crippen LogP contribution is -2.60. The molecule has 12 heteroatoms. The molecule has 4 aliphatic carbocycles. The fourth-order valence-corrected chi connectivity index (χ4v) is 6.73. The molecule has 4 fully saturated rings. The van der Waals surface area contributed by atoms with Crippen LogP contribution in [0.15, 0.2) is 12.3 Å². The SMILES string of the molecule is CC(=O)NC(C)(C)C=Cn1ncc(C(=O)NC2C3CC4CC2CC(COC(N)=O)(C4)C3)c1C(F)(F)F. The van der Waals surface area contributed by atoms with Crippen LogP contribution < -0.4 is 16.4 Å². The fourth-order valence-electron chi connectivity index (χ4n) is 6.73. The van der Waals surface area contributed by atoms with E-state index in [0.717, 1.165) is 44.5 Å². The molecule has 4 bridgehead atoms. The maximum atomic E-state index is 14.0. The molecule has 0 radical (unpaired) electrons. The molecule has 1 heterocycles. The van der Waals surface area contributed by atoms with Crippen molar-refractivity contribution in [3.63, 3.8) is 0 Å². The number of carbonyl (C=O) groups is 3. The molecule has 0 saturated heterocycles. The second-order valence-electron chi connectivity index (χ2n) is 11.1. The number of nitrogens with zero attached hydrogens (tertiary/aromatic N) is 2. The topological polar surface area (TPSA) is 128 Å². The Morgan fingerprint density at radius 1 is 1.22 bits per heavy atom. The van der Waals surface area contributed by atoms with E-state index in [1.54, 1.807) is 13.8 Å². The van der Waals surface area contributed by atoms with Gasteiger partial charge in [-0.05, 0) is 69.8 Å². The predicted octanol–water partition coefficient (Wildman–Crippen LogP) is 3.31. The van der Waals surface area contributed by atoms with Gasteiger partial charge in [0, 0.05) is 24.6 Å². The average molecular weight is 512 g/mol. The van der Waals surface area contributed by atoms with Gasteiger partial charge < -0.3 is 21.1 Å². The van der Waals surface area contributed by atoms with E-state index in [0.29, 0.717) is 10.6 Å². The van der Waals surface area contributed by atoms with Crippen LogP contribution in [-0.2, 0) is 15.7 Å². The summed E-state index contributed by atoms with van der Waals surface area (Å²) in [4.78, 5) is 35.6. The Balaban J connectivity index is 1.53. The maximum Gasteiger partial charge on any atom is 0.434 e. The second kappa shape index (κ2) is 9.11. The van der Waals surface area contributed by atoms with Gasteiger partial charge in [0.15, 0.2) is 5.69 Å². The third-order valence-corrected chi connectivity index (χ3v) is 7.66. The molecule has 0 spiro atoms. The molecular formula is C24H32F3N5O4. The standard InChI is InChI=1S/C24H32F3N5O4/c1-13(33)31-22(2,3)4-5-32-19(24(25,26)27)17(11-29-32)20(34)30-18-15-6-14-7-16(18)10-23(8-14,9-15)12-36-21(28)35/h4-5,11,14-16,18H,6-10,12H2,1-3H3,(H2,28,35)(H,30,34)(H,31,33). The maximum absolute atomic E-state index is 14.0. The van der Waals surface area contributed by atoms with Crippen molar-refractivity contribution in [3.05, 3.63) is 23.5 Å². The Labute approximate surface area is 207 Å². The number of nitrogens with two attached hydrogens (primary N) is 1. The monoisotopic (exact) mass is 511 g/mol. The number of nitrogens with one attached hydrogen (secondary N) is 2. The lowest BCUT2D eigenvalue weighted by atomic mass is 9.48. The number of rotatable bonds is 7. The number of aromatic nitrogens is 2. The van der Waals surface area contributed by atoms with Crippen molar-refractivity contribution in [3.8, 4) is 0 Å². The molecule has 1 aromatic rings. The van der Waals surface area contributed by atoms with Crippen LogP contribution in [0.25, 0.3) is 6.20 Å². The van der Waals surface area contributed by atoms with Crippen LogP contribution in [0.1, 0.15) is 68.9 Å². The van der Waals surface area contributed by atoms with E-state index in [9.17, 15) is 27.6 Å². The lowest BCUT2D eigenvalue weighted by molar-refractivity contribution is -0.143. The van der Waals surface area contributed by atoms with Crippen LogP contribution in [0.5, 0.6) is 0 Å². The third-order valence-electron chi connectivity index (χ3n) is 7.66. The summed E-state index contributed by atoms with van der Waals surface area (Å²) in [5, 5.41) is 9.29. The second-order valence-corrected chi connectivity index (χ2v) is 11.1. The van der Waals surface area contributed by atoms with Crippen LogP contribution in [0.2, 0.25) is 0 Å². The normalized spacial score (nSPS) is 29.4. The number of alkyl halides is 3. The quantitative estimate of drug-likeness (QED) is 0.518. The molecule has 4 saturated carbocycles. The summed E-state index contributed by atoms with van der Waals surface area (Å²) in [5.74, 6) is -0.514. The summed E-state index contributed by atoms with van der Waals surface area (Å²) < 4.78 is 47.7. The van der Waals surface area contributed by atoms with Crippen molar-refractivity contribution in [2.45, 2.75) is 70.6 Å². The average Bonchev–Trinajstić information content (AvgIpc) is 3.17. The number of hydrogen-bond donors (Lipinski definition) is 3. The Hall–Kier alpha value is -3.05. The lowest BCUT2D eigenvalue weighted by Gasteiger charge is -2.59. The number of carbonyl (C=O) groups excluding carboxylic acids is 3. The van der Waals surface area contributed by atoms with Crippen LogP contribution in [0, 0.1) is 23.2 Å². The first kappa shape index (κ1) is 26.0. The van der Waals surface area contributed by atoms with Crippen LogP contribution in [0.4, 0.5) is 18.0 Å². The van der Waals surface area contributed by atoms with E-state index in [1.165, 1.54) is 13.0 Å². The highest BCUT2D eigenvalue weighted by Gasteiger charge is 2.56.